The van der Waals surface area contributed by atoms with E-state index in [4.69, 9.17) is 4.74 Å². The molecule has 2 aromatic carbocycles. The van der Waals surface area contributed by atoms with Crippen molar-refractivity contribution >= 4 is 23.5 Å². The van der Waals surface area contributed by atoms with Crippen molar-refractivity contribution < 1.29 is 14.3 Å². The van der Waals surface area contributed by atoms with Crippen LogP contribution in [0, 0.1) is 0 Å². The van der Waals surface area contributed by atoms with Gasteiger partial charge in [-0.3, -0.25) is 9.59 Å². The van der Waals surface area contributed by atoms with Crippen molar-refractivity contribution in [3.63, 3.8) is 0 Å². The lowest BCUT2D eigenvalue weighted by Gasteiger charge is -2.09. The Kier molecular flexibility index (Phi) is 7.40. The second-order valence-corrected chi connectivity index (χ2v) is 7.23. The minimum Gasteiger partial charge on any atom is -0.497 e. The van der Waals surface area contributed by atoms with Crippen molar-refractivity contribution in [3.05, 3.63) is 84.2 Å². The smallest absolute Gasteiger partial charge is 0.251 e. The number of hydrogen-bond donors (Lipinski definition) is 1. The first-order chi connectivity index (χ1) is 14.6. The normalized spacial score (nSPS) is 10.4. The predicted molar refractivity (Wildman–Crippen MR) is 116 cm³/mol. The number of allylic oxidation sites excluding steroid dienone is 1. The van der Waals surface area contributed by atoms with Crippen LogP contribution in [0.3, 0.4) is 0 Å². The number of methoxy groups -OCH3 is 1. The number of aromatic nitrogens is 3. The average Bonchev–Trinajstić information content (AvgIpc) is 3.18. The van der Waals surface area contributed by atoms with Gasteiger partial charge >= 0.3 is 0 Å². The molecule has 0 aliphatic heterocycles. The van der Waals surface area contributed by atoms with Gasteiger partial charge in [-0.05, 0) is 24.3 Å². The lowest BCUT2D eigenvalue weighted by molar-refractivity contribution is 0.0948. The summed E-state index contributed by atoms with van der Waals surface area (Å²) in [6, 6.07) is 16.0. The third-order valence-corrected chi connectivity index (χ3v) is 5.26. The van der Waals surface area contributed by atoms with Crippen LogP contribution in [0.25, 0.3) is 0 Å². The molecule has 0 aliphatic carbocycles. The van der Waals surface area contributed by atoms with E-state index in [-0.39, 0.29) is 24.0 Å². The Morgan fingerprint density at radius 2 is 1.83 bits per heavy atom. The van der Waals surface area contributed by atoms with Crippen LogP contribution in [0.15, 0.2) is 72.4 Å². The van der Waals surface area contributed by atoms with Crippen molar-refractivity contribution in [1.29, 1.82) is 0 Å². The van der Waals surface area contributed by atoms with Crippen LogP contribution >= 0.6 is 11.8 Å². The van der Waals surface area contributed by atoms with Crippen LogP contribution in [-0.2, 0) is 13.1 Å². The van der Waals surface area contributed by atoms with E-state index in [0.29, 0.717) is 34.4 Å². The first-order valence-corrected chi connectivity index (χ1v) is 10.3. The summed E-state index contributed by atoms with van der Waals surface area (Å²) in [7, 11) is 1.57. The molecule has 1 amide bonds. The fourth-order valence-corrected chi connectivity index (χ4v) is 3.57. The first kappa shape index (κ1) is 21.3. The molecule has 154 valence electrons. The molecule has 7 nitrogen and oxygen atoms in total. The van der Waals surface area contributed by atoms with E-state index >= 15 is 0 Å². The highest BCUT2D eigenvalue weighted by atomic mass is 32.2. The molecular formula is C22H22N4O3S. The Balaban J connectivity index is 1.63. The molecule has 0 saturated heterocycles. The summed E-state index contributed by atoms with van der Waals surface area (Å²) in [5.41, 5.74) is 1.18. The minimum absolute atomic E-state index is 0.0168. The van der Waals surface area contributed by atoms with Crippen LogP contribution in [0.2, 0.25) is 0 Å². The number of carbonyl (C=O) groups excluding carboxylic acids is 2. The van der Waals surface area contributed by atoms with Gasteiger partial charge in [0.2, 0.25) is 0 Å². The van der Waals surface area contributed by atoms with E-state index in [1.54, 1.807) is 49.6 Å². The van der Waals surface area contributed by atoms with Gasteiger partial charge in [0.25, 0.3) is 5.91 Å². The summed E-state index contributed by atoms with van der Waals surface area (Å²) < 4.78 is 6.94. The highest BCUT2D eigenvalue weighted by molar-refractivity contribution is 7.99. The van der Waals surface area contributed by atoms with Crippen molar-refractivity contribution in [1.82, 2.24) is 20.1 Å². The number of amides is 1. The van der Waals surface area contributed by atoms with Gasteiger partial charge in [0.15, 0.2) is 16.8 Å². The molecule has 3 rings (SSSR count). The van der Waals surface area contributed by atoms with E-state index in [9.17, 15) is 9.59 Å². The van der Waals surface area contributed by atoms with Gasteiger partial charge in [-0.15, -0.1) is 16.8 Å². The maximum Gasteiger partial charge on any atom is 0.251 e. The van der Waals surface area contributed by atoms with Gasteiger partial charge in [0.05, 0.1) is 19.4 Å². The molecule has 0 radical (unpaired) electrons. The van der Waals surface area contributed by atoms with E-state index in [1.165, 1.54) is 11.8 Å². The van der Waals surface area contributed by atoms with E-state index in [2.05, 4.69) is 22.1 Å². The van der Waals surface area contributed by atoms with Gasteiger partial charge in [0, 0.05) is 17.7 Å². The number of ether oxygens (including phenoxy) is 1. The Labute approximate surface area is 179 Å². The molecule has 0 spiro atoms. The fraction of sp³-hybridized carbons (Fsp3) is 0.182. The van der Waals surface area contributed by atoms with Crippen LogP contribution < -0.4 is 10.1 Å². The summed E-state index contributed by atoms with van der Waals surface area (Å²) in [5, 5.41) is 11.8. The number of nitrogens with zero attached hydrogens (tertiary/aromatic N) is 3. The molecule has 3 aromatic rings. The summed E-state index contributed by atoms with van der Waals surface area (Å²) >= 11 is 1.31. The number of benzene rings is 2. The van der Waals surface area contributed by atoms with Crippen molar-refractivity contribution in [2.24, 2.45) is 0 Å². The standard InChI is InChI=1S/C22H22N4O3S/c1-3-13-26-20(14-23-21(28)17-9-11-18(29-2)12-10-17)24-25-22(26)30-15-19(27)16-7-5-4-6-8-16/h3-12H,1,13-15H2,2H3,(H,23,28). The van der Waals surface area contributed by atoms with Crippen LogP contribution in [0.5, 0.6) is 5.75 Å². The first-order valence-electron chi connectivity index (χ1n) is 9.28. The molecule has 1 aromatic heterocycles. The second kappa shape index (κ2) is 10.4. The molecule has 1 heterocycles. The molecule has 0 unspecified atom stereocenters. The van der Waals surface area contributed by atoms with Gasteiger partial charge < -0.3 is 14.6 Å². The van der Waals surface area contributed by atoms with E-state index < -0.39 is 0 Å². The number of rotatable bonds is 10. The Morgan fingerprint density at radius 3 is 2.50 bits per heavy atom. The number of nitrogens with one attached hydrogen (secondary N) is 1. The third-order valence-electron chi connectivity index (χ3n) is 4.29. The number of ketones is 1. The molecule has 0 aliphatic rings. The Morgan fingerprint density at radius 1 is 1.10 bits per heavy atom. The van der Waals surface area contributed by atoms with Crippen LogP contribution in [-0.4, -0.2) is 39.3 Å². The SMILES string of the molecule is C=CCn1c(CNC(=O)c2ccc(OC)cc2)nnc1SCC(=O)c1ccccc1. The molecular weight excluding hydrogens is 400 g/mol. The zero-order valence-electron chi connectivity index (χ0n) is 16.6. The van der Waals surface area contributed by atoms with Gasteiger partial charge in [-0.2, -0.15) is 0 Å². The molecule has 0 atom stereocenters. The molecule has 0 saturated carbocycles. The van der Waals surface area contributed by atoms with Gasteiger partial charge in [-0.1, -0.05) is 48.2 Å². The Bertz CT molecular complexity index is 1020. The molecule has 30 heavy (non-hydrogen) atoms. The average molecular weight is 423 g/mol. The van der Waals surface area contributed by atoms with Crippen molar-refractivity contribution in [3.8, 4) is 5.75 Å². The second-order valence-electron chi connectivity index (χ2n) is 6.29. The molecule has 0 bridgehead atoms. The lowest BCUT2D eigenvalue weighted by atomic mass is 10.2. The number of hydrogen-bond acceptors (Lipinski definition) is 6. The zero-order chi connectivity index (χ0) is 21.3. The topological polar surface area (TPSA) is 86.1 Å². The number of thioether (sulfide) groups is 1. The summed E-state index contributed by atoms with van der Waals surface area (Å²) in [6.07, 6.45) is 1.72. The molecule has 1 N–H and O–H groups in total. The molecule has 0 fully saturated rings. The largest absolute Gasteiger partial charge is 0.497 e. The minimum atomic E-state index is -0.223. The highest BCUT2D eigenvalue weighted by Gasteiger charge is 2.15. The third kappa shape index (κ3) is 5.36. The fourth-order valence-electron chi connectivity index (χ4n) is 2.71. The van der Waals surface area contributed by atoms with Gasteiger partial charge in [0.1, 0.15) is 5.75 Å². The monoisotopic (exact) mass is 422 g/mol. The zero-order valence-corrected chi connectivity index (χ0v) is 17.4. The lowest BCUT2D eigenvalue weighted by Crippen LogP contribution is -2.24. The van der Waals surface area contributed by atoms with Crippen LogP contribution in [0.4, 0.5) is 0 Å². The predicted octanol–water partition coefficient (Wildman–Crippen LogP) is 3.38. The highest BCUT2D eigenvalue weighted by Crippen LogP contribution is 2.19. The van der Waals surface area contributed by atoms with Crippen LogP contribution in [0.1, 0.15) is 26.5 Å². The number of Topliss-reactive ketones (excluding diaryl/α,β-unsaturated/α-hetero) is 1. The van der Waals surface area contributed by atoms with Crippen molar-refractivity contribution in [2.75, 3.05) is 12.9 Å². The summed E-state index contributed by atoms with van der Waals surface area (Å²) in [4.78, 5) is 24.7. The summed E-state index contributed by atoms with van der Waals surface area (Å²) in [6.45, 7) is 4.45. The number of carbonyl (C=O) groups is 2. The van der Waals surface area contributed by atoms with Crippen molar-refractivity contribution in [2.45, 2.75) is 18.2 Å². The maximum atomic E-state index is 12.4. The van der Waals surface area contributed by atoms with E-state index in [1.807, 2.05) is 22.8 Å². The maximum absolute atomic E-state index is 12.4. The van der Waals surface area contributed by atoms with E-state index in [0.717, 1.165) is 0 Å². The Hall–Kier alpha value is -3.39. The molecule has 8 heteroatoms. The summed E-state index contributed by atoms with van der Waals surface area (Å²) in [5.74, 6) is 1.31. The quantitative estimate of drug-likeness (QED) is 0.306. The van der Waals surface area contributed by atoms with Gasteiger partial charge in [-0.25, -0.2) is 0 Å².